The zero-order chi connectivity index (χ0) is 8.72. The van der Waals surface area contributed by atoms with E-state index in [2.05, 4.69) is 10.1 Å². The molecule has 0 aliphatic carbocycles. The van der Waals surface area contributed by atoms with E-state index in [0.29, 0.717) is 10.7 Å². The maximum absolute atomic E-state index is 5.84. The van der Waals surface area contributed by atoms with Gasteiger partial charge in [-0.05, 0) is 13.0 Å². The lowest BCUT2D eigenvalue weighted by molar-refractivity contribution is 0.930. The average Bonchev–Trinajstić information content (AvgIpc) is 2.31. The van der Waals surface area contributed by atoms with Crippen LogP contribution in [0.2, 0.25) is 10.2 Å². The molecule has 0 saturated heterocycles. The molecule has 0 aliphatic heterocycles. The summed E-state index contributed by atoms with van der Waals surface area (Å²) in [7, 11) is 0. The Kier molecular flexibility index (Phi) is 1.70. The summed E-state index contributed by atoms with van der Waals surface area (Å²) in [5.74, 6) is 0. The molecule has 0 spiro atoms. The molecule has 0 N–H and O–H groups in total. The number of hydrogen-bond acceptors (Lipinski definition) is 2. The summed E-state index contributed by atoms with van der Waals surface area (Å²) in [5.41, 5.74) is 1.49. The van der Waals surface area contributed by atoms with Gasteiger partial charge in [-0.3, -0.25) is 0 Å². The van der Waals surface area contributed by atoms with Gasteiger partial charge in [0, 0.05) is 11.9 Å². The molecule has 0 aliphatic rings. The fourth-order valence-corrected chi connectivity index (χ4v) is 1.30. The van der Waals surface area contributed by atoms with Crippen molar-refractivity contribution in [2.24, 2.45) is 0 Å². The van der Waals surface area contributed by atoms with E-state index in [0.717, 1.165) is 5.69 Å². The van der Waals surface area contributed by atoms with Gasteiger partial charge in [0.15, 0.2) is 10.8 Å². The van der Waals surface area contributed by atoms with Crippen molar-refractivity contribution in [3.8, 4) is 0 Å². The summed E-state index contributed by atoms with van der Waals surface area (Å²) in [6.45, 7) is 1.89. The third-order valence-electron chi connectivity index (χ3n) is 1.53. The van der Waals surface area contributed by atoms with E-state index >= 15 is 0 Å². The topological polar surface area (TPSA) is 30.2 Å². The van der Waals surface area contributed by atoms with Crippen LogP contribution < -0.4 is 0 Å². The number of nitrogens with zero attached hydrogens (tertiary/aromatic N) is 3. The smallest absolute Gasteiger partial charge is 0.175 e. The second-order valence-corrected chi connectivity index (χ2v) is 3.18. The van der Waals surface area contributed by atoms with Crippen molar-refractivity contribution in [1.82, 2.24) is 14.6 Å². The highest BCUT2D eigenvalue weighted by Crippen LogP contribution is 2.23. The molecule has 62 valence electrons. The monoisotopic (exact) mass is 201 g/mol. The first-order chi connectivity index (χ1) is 5.68. The Bertz CT molecular complexity index is 435. The molecule has 2 rings (SSSR count). The lowest BCUT2D eigenvalue weighted by Gasteiger charge is -1.92. The number of aryl methyl sites for hydroxylation is 1. The SMILES string of the molecule is Cc1ccn2nc(Cl)c(Cl)c2n1. The standard InChI is InChI=1S/C7H5Cl2N3/c1-4-2-3-12-7(10-4)5(8)6(9)11-12/h2-3H,1H3. The molecule has 3 nitrogen and oxygen atoms in total. The zero-order valence-electron chi connectivity index (χ0n) is 6.25. The molecule has 12 heavy (non-hydrogen) atoms. The van der Waals surface area contributed by atoms with Crippen molar-refractivity contribution >= 4 is 28.8 Å². The Morgan fingerprint density at radius 2 is 2.17 bits per heavy atom. The van der Waals surface area contributed by atoms with Crippen molar-refractivity contribution in [3.05, 3.63) is 28.1 Å². The first kappa shape index (κ1) is 7.83. The van der Waals surface area contributed by atoms with E-state index in [4.69, 9.17) is 23.2 Å². The Morgan fingerprint density at radius 1 is 1.42 bits per heavy atom. The van der Waals surface area contributed by atoms with E-state index in [-0.39, 0.29) is 5.15 Å². The summed E-state index contributed by atoms with van der Waals surface area (Å²) < 4.78 is 1.55. The van der Waals surface area contributed by atoms with E-state index < -0.39 is 0 Å². The van der Waals surface area contributed by atoms with Crippen LogP contribution in [0.1, 0.15) is 5.69 Å². The predicted molar refractivity (Wildman–Crippen MR) is 47.7 cm³/mol. The molecule has 2 aromatic heterocycles. The van der Waals surface area contributed by atoms with E-state index in [1.54, 1.807) is 10.7 Å². The largest absolute Gasteiger partial charge is 0.232 e. The average molecular weight is 202 g/mol. The second-order valence-electron chi connectivity index (χ2n) is 2.44. The minimum atomic E-state index is 0.287. The minimum absolute atomic E-state index is 0.287. The fraction of sp³-hybridized carbons (Fsp3) is 0.143. The third kappa shape index (κ3) is 1.06. The van der Waals surface area contributed by atoms with E-state index in [1.165, 1.54) is 0 Å². The van der Waals surface area contributed by atoms with E-state index in [9.17, 15) is 0 Å². The van der Waals surface area contributed by atoms with Gasteiger partial charge in [0.2, 0.25) is 0 Å². The number of fused-ring (bicyclic) bond motifs is 1. The summed E-state index contributed by atoms with van der Waals surface area (Å²) in [5, 5.41) is 4.63. The molecule has 0 aromatic carbocycles. The fourth-order valence-electron chi connectivity index (χ4n) is 0.966. The van der Waals surface area contributed by atoms with Crippen molar-refractivity contribution < 1.29 is 0 Å². The second kappa shape index (κ2) is 2.61. The Hall–Kier alpha value is -0.800. The molecular weight excluding hydrogens is 197 g/mol. The lowest BCUT2D eigenvalue weighted by Crippen LogP contribution is -1.90. The van der Waals surface area contributed by atoms with Crippen molar-refractivity contribution in [3.63, 3.8) is 0 Å². The number of aromatic nitrogens is 3. The van der Waals surface area contributed by atoms with E-state index in [1.807, 2.05) is 13.0 Å². The van der Waals surface area contributed by atoms with Crippen molar-refractivity contribution in [2.45, 2.75) is 6.92 Å². The van der Waals surface area contributed by atoms with Gasteiger partial charge in [0.1, 0.15) is 5.02 Å². The Morgan fingerprint density at radius 3 is 2.92 bits per heavy atom. The zero-order valence-corrected chi connectivity index (χ0v) is 7.76. The van der Waals surface area contributed by atoms with Crippen LogP contribution in [0.5, 0.6) is 0 Å². The number of halogens is 2. The van der Waals surface area contributed by atoms with Crippen molar-refractivity contribution in [1.29, 1.82) is 0 Å². The van der Waals surface area contributed by atoms with Gasteiger partial charge in [-0.15, -0.1) is 0 Å². The van der Waals surface area contributed by atoms with Crippen molar-refractivity contribution in [2.75, 3.05) is 0 Å². The summed E-state index contributed by atoms with van der Waals surface area (Å²) in [4.78, 5) is 4.18. The lowest BCUT2D eigenvalue weighted by atomic mass is 10.4. The molecule has 2 heterocycles. The highest BCUT2D eigenvalue weighted by Gasteiger charge is 2.08. The van der Waals surface area contributed by atoms with Crippen LogP contribution in [0.15, 0.2) is 12.3 Å². The van der Waals surface area contributed by atoms with Gasteiger partial charge in [0.25, 0.3) is 0 Å². The van der Waals surface area contributed by atoms with Gasteiger partial charge in [-0.2, -0.15) is 5.10 Å². The molecule has 0 fully saturated rings. The first-order valence-corrected chi connectivity index (χ1v) is 4.11. The maximum atomic E-state index is 5.84. The molecule has 2 aromatic rings. The predicted octanol–water partition coefficient (Wildman–Crippen LogP) is 2.34. The van der Waals surface area contributed by atoms with Gasteiger partial charge in [0.05, 0.1) is 0 Å². The summed E-state index contributed by atoms with van der Waals surface area (Å²) >= 11 is 11.5. The van der Waals surface area contributed by atoms with Crippen LogP contribution in [0.3, 0.4) is 0 Å². The summed E-state index contributed by atoms with van der Waals surface area (Å²) in [6.07, 6.45) is 1.77. The van der Waals surface area contributed by atoms with Crippen LogP contribution in [-0.2, 0) is 0 Å². The molecule has 0 saturated carbocycles. The van der Waals surface area contributed by atoms with Crippen LogP contribution in [0, 0.1) is 6.92 Å². The molecule has 0 atom stereocenters. The molecule has 0 radical (unpaired) electrons. The first-order valence-electron chi connectivity index (χ1n) is 3.35. The van der Waals surface area contributed by atoms with Gasteiger partial charge in [-0.25, -0.2) is 9.50 Å². The third-order valence-corrected chi connectivity index (χ3v) is 2.24. The van der Waals surface area contributed by atoms with Crippen LogP contribution in [0.25, 0.3) is 5.65 Å². The van der Waals surface area contributed by atoms with Crippen LogP contribution >= 0.6 is 23.2 Å². The highest BCUT2D eigenvalue weighted by molar-refractivity contribution is 6.43. The number of rotatable bonds is 0. The number of hydrogen-bond donors (Lipinski definition) is 0. The summed E-state index contributed by atoms with van der Waals surface area (Å²) in [6, 6.07) is 1.84. The molecule has 5 heteroatoms. The van der Waals surface area contributed by atoms with Gasteiger partial charge in [-0.1, -0.05) is 23.2 Å². The normalized spacial score (nSPS) is 10.9. The van der Waals surface area contributed by atoms with Crippen LogP contribution in [0.4, 0.5) is 0 Å². The molecular formula is C7H5Cl2N3. The molecule has 0 bridgehead atoms. The Balaban J connectivity index is 2.88. The minimum Gasteiger partial charge on any atom is -0.232 e. The maximum Gasteiger partial charge on any atom is 0.175 e. The quantitative estimate of drug-likeness (QED) is 0.656. The van der Waals surface area contributed by atoms with Gasteiger partial charge >= 0.3 is 0 Å². The highest BCUT2D eigenvalue weighted by atomic mass is 35.5. The Labute approximate surface area is 78.9 Å². The van der Waals surface area contributed by atoms with Crippen LogP contribution in [-0.4, -0.2) is 14.6 Å². The van der Waals surface area contributed by atoms with Gasteiger partial charge < -0.3 is 0 Å². The molecule has 0 amide bonds. The molecule has 0 unspecified atom stereocenters.